The van der Waals surface area contributed by atoms with Crippen LogP contribution in [0.2, 0.25) is 0 Å². The number of hydrogen-bond acceptors (Lipinski definition) is 4. The van der Waals surface area contributed by atoms with Crippen molar-refractivity contribution in [2.45, 2.75) is 38.0 Å². The smallest absolute Gasteiger partial charge is 0.252 e. The summed E-state index contributed by atoms with van der Waals surface area (Å²) >= 11 is 0. The summed E-state index contributed by atoms with van der Waals surface area (Å²) in [6.07, 6.45) is -1.57. The lowest BCUT2D eigenvalue weighted by molar-refractivity contribution is -0.121. The molecule has 9 heteroatoms. The minimum Gasteiger partial charge on any atom is -0.352 e. The van der Waals surface area contributed by atoms with Crippen LogP contribution in [0.5, 0.6) is 0 Å². The van der Waals surface area contributed by atoms with Gasteiger partial charge in [-0.25, -0.2) is 13.2 Å². The van der Waals surface area contributed by atoms with Crippen molar-refractivity contribution in [3.05, 3.63) is 45.8 Å². The second-order valence-corrected chi connectivity index (χ2v) is 6.99. The van der Waals surface area contributed by atoms with Crippen molar-refractivity contribution in [2.75, 3.05) is 6.54 Å². The second kappa shape index (κ2) is 8.02. The van der Waals surface area contributed by atoms with Gasteiger partial charge in [0, 0.05) is 23.5 Å². The fourth-order valence-electron chi connectivity index (χ4n) is 3.45. The van der Waals surface area contributed by atoms with Gasteiger partial charge in [0.25, 0.3) is 5.56 Å². The normalized spacial score (nSPS) is 23.2. The summed E-state index contributed by atoms with van der Waals surface area (Å²) in [7, 11) is 0. The van der Waals surface area contributed by atoms with Gasteiger partial charge in [-0.3, -0.25) is 9.59 Å². The Hall–Kier alpha value is -2.86. The predicted molar refractivity (Wildman–Crippen MR) is 96.2 cm³/mol. The van der Waals surface area contributed by atoms with Crippen LogP contribution >= 0.6 is 0 Å². The van der Waals surface area contributed by atoms with Gasteiger partial charge in [-0.15, -0.1) is 0 Å². The molecule has 4 atom stereocenters. The van der Waals surface area contributed by atoms with E-state index in [9.17, 15) is 22.8 Å². The number of hydrogen-bond donors (Lipinski definition) is 3. The van der Waals surface area contributed by atoms with Crippen LogP contribution in [-0.2, 0) is 11.2 Å². The van der Waals surface area contributed by atoms with Crippen LogP contribution in [0.25, 0.3) is 10.9 Å². The van der Waals surface area contributed by atoms with E-state index in [0.717, 1.165) is 12.1 Å². The van der Waals surface area contributed by atoms with Crippen molar-refractivity contribution in [3.8, 4) is 6.07 Å². The van der Waals surface area contributed by atoms with Crippen LogP contribution in [0.4, 0.5) is 13.2 Å². The molecule has 0 saturated carbocycles. The summed E-state index contributed by atoms with van der Waals surface area (Å²) in [6, 6.07) is 4.06. The maximum atomic E-state index is 14.2. The summed E-state index contributed by atoms with van der Waals surface area (Å²) in [6.45, 7) is 1.95. The number of rotatable bonds is 4. The molecule has 2 heterocycles. The Bertz CT molecular complexity index is 1000. The van der Waals surface area contributed by atoms with Gasteiger partial charge in [0.1, 0.15) is 6.17 Å². The molecular weight excluding hydrogens is 373 g/mol. The van der Waals surface area contributed by atoms with Crippen LogP contribution in [-0.4, -0.2) is 35.7 Å². The molecule has 148 valence electrons. The highest BCUT2D eigenvalue weighted by Crippen LogP contribution is 2.20. The van der Waals surface area contributed by atoms with E-state index in [1.807, 2.05) is 6.07 Å². The van der Waals surface area contributed by atoms with E-state index < -0.39 is 47.3 Å². The zero-order valence-electron chi connectivity index (χ0n) is 15.1. The fourth-order valence-corrected chi connectivity index (χ4v) is 3.45. The third-order valence-corrected chi connectivity index (χ3v) is 4.95. The van der Waals surface area contributed by atoms with E-state index in [1.165, 1.54) is 6.07 Å². The van der Waals surface area contributed by atoms with Gasteiger partial charge in [-0.1, -0.05) is 0 Å². The number of aromatic nitrogens is 1. The van der Waals surface area contributed by atoms with Gasteiger partial charge < -0.3 is 15.6 Å². The number of nitriles is 1. The molecule has 0 radical (unpaired) electrons. The van der Waals surface area contributed by atoms with E-state index >= 15 is 0 Å². The van der Waals surface area contributed by atoms with Crippen LogP contribution in [0.3, 0.4) is 0 Å². The standard InChI is InChI=1S/C19H19F3N4O2/c1-9(18-14(21)4-10(7-23)8-24-18)25-16(27)6-11-5-12-15(26-19(11)28)3-2-13(20)17(12)22/h2-3,5,9-10,14,18,24H,4,6,8H2,1H3,(H,25,27)(H,26,28)/t9-,10?,14?,18?/m0/s1. The van der Waals surface area contributed by atoms with Gasteiger partial charge in [0.2, 0.25) is 5.91 Å². The molecule has 6 nitrogen and oxygen atoms in total. The minimum absolute atomic E-state index is 0.0281. The van der Waals surface area contributed by atoms with E-state index in [2.05, 4.69) is 15.6 Å². The first-order chi connectivity index (χ1) is 13.3. The highest BCUT2D eigenvalue weighted by atomic mass is 19.2. The zero-order valence-corrected chi connectivity index (χ0v) is 15.1. The Kier molecular flexibility index (Phi) is 5.70. The highest BCUT2D eigenvalue weighted by molar-refractivity contribution is 5.83. The molecular formula is C19H19F3N4O2. The zero-order chi connectivity index (χ0) is 20.4. The quantitative estimate of drug-likeness (QED) is 0.738. The van der Waals surface area contributed by atoms with Crippen LogP contribution in [0.1, 0.15) is 18.9 Å². The van der Waals surface area contributed by atoms with E-state index in [1.54, 1.807) is 6.92 Å². The van der Waals surface area contributed by atoms with E-state index in [0.29, 0.717) is 6.54 Å². The molecule has 0 aliphatic carbocycles. The van der Waals surface area contributed by atoms with Crippen molar-refractivity contribution in [2.24, 2.45) is 5.92 Å². The molecule has 0 bridgehead atoms. The first kappa shape index (κ1) is 19.9. The molecule has 2 aromatic rings. The Morgan fingerprint density at radius 1 is 1.43 bits per heavy atom. The molecule has 1 fully saturated rings. The minimum atomic E-state index is -1.30. The number of carbonyl (C=O) groups excluding carboxylic acids is 1. The Morgan fingerprint density at radius 3 is 2.86 bits per heavy atom. The molecule has 3 N–H and O–H groups in total. The summed E-state index contributed by atoms with van der Waals surface area (Å²) in [4.78, 5) is 26.8. The maximum absolute atomic E-state index is 14.2. The lowest BCUT2D eigenvalue weighted by atomic mass is 9.90. The number of carbonyl (C=O) groups is 1. The van der Waals surface area contributed by atoms with Crippen molar-refractivity contribution in [1.82, 2.24) is 15.6 Å². The molecule has 1 aromatic heterocycles. The third kappa shape index (κ3) is 4.02. The summed E-state index contributed by atoms with van der Waals surface area (Å²) in [5.41, 5.74) is -0.489. The van der Waals surface area contributed by atoms with Gasteiger partial charge >= 0.3 is 0 Å². The highest BCUT2D eigenvalue weighted by Gasteiger charge is 2.34. The largest absolute Gasteiger partial charge is 0.352 e. The molecule has 1 saturated heterocycles. The number of amides is 1. The van der Waals surface area contributed by atoms with Crippen LogP contribution in [0.15, 0.2) is 23.0 Å². The van der Waals surface area contributed by atoms with E-state index in [-0.39, 0.29) is 29.3 Å². The number of pyridine rings is 1. The molecule has 1 aliphatic heterocycles. The van der Waals surface area contributed by atoms with Crippen molar-refractivity contribution >= 4 is 16.8 Å². The summed E-state index contributed by atoms with van der Waals surface area (Å²) in [5.74, 6) is -3.13. The first-order valence-corrected chi connectivity index (χ1v) is 8.86. The SMILES string of the molecule is C[C@H](NC(=O)Cc1cc2c(F)c(F)ccc2[nH]c1=O)C1NCC(C#N)CC1F. The molecule has 1 amide bonds. The number of nitrogens with zero attached hydrogens (tertiary/aromatic N) is 1. The van der Waals surface area contributed by atoms with Crippen molar-refractivity contribution in [1.29, 1.82) is 5.26 Å². The number of halogens is 3. The molecule has 28 heavy (non-hydrogen) atoms. The number of H-pyrrole nitrogens is 1. The lowest BCUT2D eigenvalue weighted by Gasteiger charge is -2.34. The van der Waals surface area contributed by atoms with Crippen LogP contribution in [0, 0.1) is 28.9 Å². The first-order valence-electron chi connectivity index (χ1n) is 8.86. The molecule has 3 unspecified atom stereocenters. The van der Waals surface area contributed by atoms with Gasteiger partial charge in [0.15, 0.2) is 11.6 Å². The summed E-state index contributed by atoms with van der Waals surface area (Å²) < 4.78 is 41.6. The Morgan fingerprint density at radius 2 is 2.18 bits per heavy atom. The molecule has 1 aromatic carbocycles. The molecule has 0 spiro atoms. The Labute approximate surface area is 158 Å². The van der Waals surface area contributed by atoms with Crippen LogP contribution < -0.4 is 16.2 Å². The molecule has 1 aliphatic rings. The Balaban J connectivity index is 1.71. The number of fused-ring (bicyclic) bond motifs is 1. The number of aromatic amines is 1. The number of benzene rings is 1. The summed E-state index contributed by atoms with van der Waals surface area (Å²) in [5, 5.41) is 14.3. The monoisotopic (exact) mass is 392 g/mol. The van der Waals surface area contributed by atoms with Gasteiger partial charge in [-0.05, 0) is 31.5 Å². The maximum Gasteiger partial charge on any atom is 0.252 e. The third-order valence-electron chi connectivity index (χ3n) is 4.95. The van der Waals surface area contributed by atoms with E-state index in [4.69, 9.17) is 5.26 Å². The number of nitrogens with one attached hydrogen (secondary N) is 3. The lowest BCUT2D eigenvalue weighted by Crippen LogP contribution is -2.57. The van der Waals surface area contributed by atoms with Gasteiger partial charge in [0.05, 0.1) is 30.0 Å². The average molecular weight is 392 g/mol. The van der Waals surface area contributed by atoms with Gasteiger partial charge in [-0.2, -0.15) is 5.26 Å². The number of alkyl halides is 1. The predicted octanol–water partition coefficient (Wildman–Crippen LogP) is 1.69. The van der Waals surface area contributed by atoms with Crippen molar-refractivity contribution < 1.29 is 18.0 Å². The second-order valence-electron chi connectivity index (χ2n) is 6.99. The molecule has 3 rings (SSSR count). The topological polar surface area (TPSA) is 97.8 Å². The van der Waals surface area contributed by atoms with Crippen molar-refractivity contribution in [3.63, 3.8) is 0 Å². The average Bonchev–Trinajstić information content (AvgIpc) is 2.65. The number of piperidine rings is 1. The fraction of sp³-hybridized carbons (Fsp3) is 0.421.